The topological polar surface area (TPSA) is 57.0 Å². The van der Waals surface area contributed by atoms with E-state index in [1.165, 1.54) is 48.5 Å². The number of aromatic nitrogens is 3. The third-order valence-corrected chi connectivity index (χ3v) is 5.29. The molecule has 0 fully saturated rings. The highest BCUT2D eigenvalue weighted by Crippen LogP contribution is 2.36. The molecule has 0 aliphatic carbocycles. The maximum absolute atomic E-state index is 14.8. The number of nitrogens with zero attached hydrogens (tertiary/aromatic N) is 3. The third-order valence-electron chi connectivity index (χ3n) is 4.93. The van der Waals surface area contributed by atoms with Gasteiger partial charge in [-0.3, -0.25) is 9.67 Å². The highest BCUT2D eigenvalue weighted by molar-refractivity contribution is 6.31. The van der Waals surface area contributed by atoms with Crippen LogP contribution in [0.2, 0.25) is 5.02 Å². The fraction of sp³-hybridized carbons (Fsp3) is 0.136. The quantitative estimate of drug-likeness (QED) is 0.286. The Morgan fingerprint density at radius 1 is 1.19 bits per heavy atom. The van der Waals surface area contributed by atoms with Crippen LogP contribution in [0.5, 0.6) is 0 Å². The van der Waals surface area contributed by atoms with Crippen LogP contribution in [0.15, 0.2) is 54.9 Å². The highest BCUT2D eigenvalue weighted by Gasteiger charge is 2.34. The van der Waals surface area contributed by atoms with Crippen LogP contribution in [-0.2, 0) is 17.5 Å². The molecule has 2 aromatic carbocycles. The Balaban J connectivity index is 1.86. The Morgan fingerprint density at radius 2 is 1.97 bits per heavy atom. The van der Waals surface area contributed by atoms with Crippen LogP contribution in [0, 0.1) is 5.82 Å². The van der Waals surface area contributed by atoms with Gasteiger partial charge in [-0.25, -0.2) is 9.18 Å². The van der Waals surface area contributed by atoms with E-state index in [1.54, 1.807) is 6.07 Å². The van der Waals surface area contributed by atoms with E-state index < -0.39 is 23.5 Å². The largest absolute Gasteiger partial charge is 0.465 e. The molecule has 5 nitrogen and oxygen atoms in total. The molecule has 0 N–H and O–H groups in total. The number of fused-ring (bicyclic) bond motifs is 1. The molecular formula is C22H14ClF4N3O2. The van der Waals surface area contributed by atoms with Crippen LogP contribution in [0.1, 0.15) is 21.5 Å². The summed E-state index contributed by atoms with van der Waals surface area (Å²) < 4.78 is 61.3. The first-order chi connectivity index (χ1) is 15.2. The van der Waals surface area contributed by atoms with E-state index in [1.807, 2.05) is 0 Å². The van der Waals surface area contributed by atoms with Crippen LogP contribution in [0.25, 0.3) is 22.2 Å². The Hall–Kier alpha value is -3.46. The summed E-state index contributed by atoms with van der Waals surface area (Å²) >= 11 is 6.09. The first kappa shape index (κ1) is 21.8. The van der Waals surface area contributed by atoms with Gasteiger partial charge in [-0.2, -0.15) is 18.3 Å². The van der Waals surface area contributed by atoms with Crippen molar-refractivity contribution < 1.29 is 27.1 Å². The number of hydrogen-bond donors (Lipinski definition) is 0. The minimum absolute atomic E-state index is 0.0186. The van der Waals surface area contributed by atoms with Crippen molar-refractivity contribution in [3.8, 4) is 11.3 Å². The summed E-state index contributed by atoms with van der Waals surface area (Å²) in [4.78, 5) is 15.7. The lowest BCUT2D eigenvalue weighted by molar-refractivity contribution is -0.138. The molecule has 4 aromatic rings. The maximum Gasteiger partial charge on any atom is 0.416 e. The predicted octanol–water partition coefficient (Wildman–Crippen LogP) is 5.74. The van der Waals surface area contributed by atoms with Crippen molar-refractivity contribution in [2.24, 2.45) is 0 Å². The Bertz CT molecular complexity index is 1330. The van der Waals surface area contributed by atoms with Gasteiger partial charge >= 0.3 is 12.1 Å². The molecule has 2 heterocycles. The van der Waals surface area contributed by atoms with Gasteiger partial charge in [0.05, 0.1) is 36.5 Å². The summed E-state index contributed by atoms with van der Waals surface area (Å²) in [6.45, 7) is -0.307. The first-order valence-corrected chi connectivity index (χ1v) is 9.62. The van der Waals surface area contributed by atoms with Gasteiger partial charge in [0.15, 0.2) is 0 Å². The highest BCUT2D eigenvalue weighted by atomic mass is 35.5. The molecule has 2 aromatic heterocycles. The van der Waals surface area contributed by atoms with Crippen molar-refractivity contribution in [1.82, 2.24) is 14.8 Å². The zero-order chi connectivity index (χ0) is 23.0. The number of halogens is 5. The summed E-state index contributed by atoms with van der Waals surface area (Å²) in [6, 6.07) is 8.87. The van der Waals surface area contributed by atoms with Gasteiger partial charge in [-0.1, -0.05) is 17.7 Å². The molecule has 0 aliphatic heterocycles. The molecule has 0 amide bonds. The third kappa shape index (κ3) is 3.91. The molecule has 0 atom stereocenters. The minimum Gasteiger partial charge on any atom is -0.465 e. The molecule has 10 heteroatoms. The summed E-state index contributed by atoms with van der Waals surface area (Å²) in [6.07, 6.45) is -1.72. The lowest BCUT2D eigenvalue weighted by Gasteiger charge is -2.14. The summed E-state index contributed by atoms with van der Waals surface area (Å²) in [7, 11) is 1.18. The van der Waals surface area contributed by atoms with E-state index in [9.17, 15) is 22.4 Å². The number of rotatable bonds is 4. The lowest BCUT2D eigenvalue weighted by atomic mass is 10.1. The van der Waals surface area contributed by atoms with E-state index in [-0.39, 0.29) is 34.0 Å². The van der Waals surface area contributed by atoms with E-state index >= 15 is 0 Å². The number of carbonyl (C=O) groups is 1. The van der Waals surface area contributed by atoms with Crippen molar-refractivity contribution >= 4 is 28.5 Å². The molecule has 0 aliphatic rings. The number of hydrogen-bond acceptors (Lipinski definition) is 4. The summed E-state index contributed by atoms with van der Waals surface area (Å²) in [5.74, 6) is -1.43. The molecule has 164 valence electrons. The number of benzene rings is 2. The zero-order valence-corrected chi connectivity index (χ0v) is 17.2. The number of ether oxygens (including phenoxy) is 1. The average Bonchev–Trinajstić information content (AvgIpc) is 3.12. The smallest absolute Gasteiger partial charge is 0.416 e. The lowest BCUT2D eigenvalue weighted by Crippen LogP contribution is -2.13. The van der Waals surface area contributed by atoms with Gasteiger partial charge in [0.1, 0.15) is 11.5 Å². The standard InChI is InChI=1S/C22H14ClF4N3O2/c1-32-21(31)12-5-6-13(18(24)9-12)20-14-7-8-28-10-19(14)30(29-20)11-15-16(22(25,26)27)3-2-4-17(15)23/h2-10H,11H2,1H3. The minimum atomic E-state index is -4.61. The van der Waals surface area contributed by atoms with Crippen molar-refractivity contribution in [1.29, 1.82) is 0 Å². The van der Waals surface area contributed by atoms with Gasteiger partial charge in [-0.15, -0.1) is 0 Å². The molecule has 32 heavy (non-hydrogen) atoms. The van der Waals surface area contributed by atoms with Crippen molar-refractivity contribution in [3.05, 3.63) is 82.4 Å². The van der Waals surface area contributed by atoms with Gasteiger partial charge in [-0.05, 0) is 36.4 Å². The van der Waals surface area contributed by atoms with Crippen LogP contribution < -0.4 is 0 Å². The van der Waals surface area contributed by atoms with Crippen molar-refractivity contribution in [2.75, 3.05) is 7.11 Å². The van der Waals surface area contributed by atoms with Crippen molar-refractivity contribution in [2.45, 2.75) is 12.7 Å². The predicted molar refractivity (Wildman–Crippen MR) is 110 cm³/mol. The average molecular weight is 464 g/mol. The van der Waals surface area contributed by atoms with Crippen LogP contribution in [0.3, 0.4) is 0 Å². The van der Waals surface area contributed by atoms with Gasteiger partial charge in [0.25, 0.3) is 0 Å². The second-order valence-electron chi connectivity index (χ2n) is 6.85. The van der Waals surface area contributed by atoms with E-state index in [0.717, 1.165) is 12.1 Å². The van der Waals surface area contributed by atoms with E-state index in [0.29, 0.717) is 10.9 Å². The molecule has 0 radical (unpaired) electrons. The Morgan fingerprint density at radius 3 is 2.66 bits per heavy atom. The second kappa shape index (κ2) is 8.23. The fourth-order valence-corrected chi connectivity index (χ4v) is 3.66. The molecule has 0 spiro atoms. The number of pyridine rings is 1. The van der Waals surface area contributed by atoms with Crippen LogP contribution >= 0.6 is 11.6 Å². The van der Waals surface area contributed by atoms with Gasteiger partial charge in [0.2, 0.25) is 0 Å². The number of alkyl halides is 3. The normalized spacial score (nSPS) is 11.7. The molecule has 0 unspecified atom stereocenters. The zero-order valence-electron chi connectivity index (χ0n) is 16.5. The molecular weight excluding hydrogens is 450 g/mol. The maximum atomic E-state index is 14.8. The monoisotopic (exact) mass is 463 g/mol. The SMILES string of the molecule is COC(=O)c1ccc(-c2nn(Cc3c(Cl)cccc3C(F)(F)F)c3cnccc23)c(F)c1. The van der Waals surface area contributed by atoms with Crippen LogP contribution in [0.4, 0.5) is 17.6 Å². The number of carbonyl (C=O) groups excluding carboxylic acids is 1. The first-order valence-electron chi connectivity index (χ1n) is 9.24. The molecule has 0 saturated heterocycles. The fourth-order valence-electron chi connectivity index (χ4n) is 3.43. The number of methoxy groups -OCH3 is 1. The summed E-state index contributed by atoms with van der Waals surface area (Å²) in [5.41, 5.74) is -0.368. The molecule has 0 bridgehead atoms. The van der Waals surface area contributed by atoms with Crippen molar-refractivity contribution in [3.63, 3.8) is 0 Å². The molecule has 0 saturated carbocycles. The molecule has 4 rings (SSSR count). The van der Waals surface area contributed by atoms with Crippen LogP contribution in [-0.4, -0.2) is 27.8 Å². The van der Waals surface area contributed by atoms with Gasteiger partial charge in [0, 0.05) is 27.7 Å². The Labute approximate surface area is 184 Å². The Kier molecular flexibility index (Phi) is 5.60. The van der Waals surface area contributed by atoms with E-state index in [2.05, 4.69) is 14.8 Å². The number of esters is 1. The van der Waals surface area contributed by atoms with Gasteiger partial charge < -0.3 is 4.74 Å². The summed E-state index contributed by atoms with van der Waals surface area (Å²) in [5, 5.41) is 4.78. The second-order valence-corrected chi connectivity index (χ2v) is 7.26. The van der Waals surface area contributed by atoms with E-state index in [4.69, 9.17) is 11.6 Å².